The van der Waals surface area contributed by atoms with Gasteiger partial charge in [0.25, 0.3) is 0 Å². The molecule has 10 aromatic carbocycles. The van der Waals surface area contributed by atoms with Crippen molar-refractivity contribution in [3.8, 4) is 44.8 Å². The van der Waals surface area contributed by atoms with Crippen molar-refractivity contribution in [3.63, 3.8) is 0 Å². The van der Waals surface area contributed by atoms with Crippen molar-refractivity contribution in [2.75, 3.05) is 4.90 Å². The molecule has 312 valence electrons. The van der Waals surface area contributed by atoms with Gasteiger partial charge in [-0.1, -0.05) is 159 Å². The van der Waals surface area contributed by atoms with Gasteiger partial charge in [0.15, 0.2) is 0 Å². The summed E-state index contributed by atoms with van der Waals surface area (Å²) in [5.74, 6) is 0. The van der Waals surface area contributed by atoms with E-state index in [0.29, 0.717) is 0 Å². The lowest BCUT2D eigenvalue weighted by atomic mass is 9.82. The van der Waals surface area contributed by atoms with Crippen LogP contribution in [-0.4, -0.2) is 9.13 Å². The third-order valence-corrected chi connectivity index (χ3v) is 14.1. The van der Waals surface area contributed by atoms with Crippen LogP contribution in [0.15, 0.2) is 237 Å². The lowest BCUT2D eigenvalue weighted by molar-refractivity contribution is 0.660. The van der Waals surface area contributed by atoms with Crippen molar-refractivity contribution in [2.45, 2.75) is 19.3 Å². The molecule has 3 nitrogen and oxygen atoms in total. The monoisotopic (exact) mass is 843 g/mol. The summed E-state index contributed by atoms with van der Waals surface area (Å²) in [6.45, 7) is 4.70. The molecular weight excluding hydrogens is 799 g/mol. The molecule has 1 aliphatic rings. The number of anilines is 3. The summed E-state index contributed by atoms with van der Waals surface area (Å²) in [6.07, 6.45) is 0. The van der Waals surface area contributed by atoms with E-state index in [1.165, 1.54) is 88.1 Å². The molecule has 3 heteroatoms. The van der Waals surface area contributed by atoms with Crippen molar-refractivity contribution in [1.29, 1.82) is 0 Å². The predicted molar refractivity (Wildman–Crippen MR) is 278 cm³/mol. The van der Waals surface area contributed by atoms with Gasteiger partial charge >= 0.3 is 0 Å². The highest BCUT2D eigenvalue weighted by Gasteiger charge is 2.35. The van der Waals surface area contributed by atoms with Crippen molar-refractivity contribution in [2.24, 2.45) is 0 Å². The first kappa shape index (κ1) is 38.1. The Labute approximate surface area is 384 Å². The average Bonchev–Trinajstić information content (AvgIpc) is 3.96. The fourth-order valence-corrected chi connectivity index (χ4v) is 10.9. The zero-order valence-electron chi connectivity index (χ0n) is 36.9. The lowest BCUT2D eigenvalue weighted by Crippen LogP contribution is -2.16. The van der Waals surface area contributed by atoms with Gasteiger partial charge in [-0.2, -0.15) is 0 Å². The van der Waals surface area contributed by atoms with Crippen LogP contribution in [0.5, 0.6) is 0 Å². The van der Waals surface area contributed by atoms with E-state index < -0.39 is 0 Å². The van der Waals surface area contributed by atoms with Crippen LogP contribution in [0, 0.1) is 0 Å². The maximum absolute atomic E-state index is 2.43. The molecule has 2 aromatic heterocycles. The lowest BCUT2D eigenvalue weighted by Gasteiger charge is -2.28. The van der Waals surface area contributed by atoms with E-state index in [1.807, 2.05) is 0 Å². The van der Waals surface area contributed by atoms with Gasteiger partial charge in [0.2, 0.25) is 0 Å². The fourth-order valence-electron chi connectivity index (χ4n) is 10.9. The highest BCUT2D eigenvalue weighted by molar-refractivity contribution is 6.19. The highest BCUT2D eigenvalue weighted by Crippen LogP contribution is 2.51. The summed E-state index contributed by atoms with van der Waals surface area (Å²) >= 11 is 0. The first-order chi connectivity index (χ1) is 32.5. The van der Waals surface area contributed by atoms with Gasteiger partial charge in [-0.05, 0) is 136 Å². The van der Waals surface area contributed by atoms with Crippen molar-refractivity contribution >= 4 is 60.7 Å². The van der Waals surface area contributed by atoms with Crippen LogP contribution >= 0.6 is 0 Å². The number of benzene rings is 10. The van der Waals surface area contributed by atoms with E-state index in [0.717, 1.165) is 28.4 Å². The second-order valence-electron chi connectivity index (χ2n) is 18.2. The SMILES string of the molecule is CC1(C)c2ccccc2-c2ccc(N(c3ccccc3)c3ccc(-c4ccc(-c5ccc6c(c5)c5cc7c(cc5n6-c5ccccc5)c5ccccc5n7-c5ccccc5)cc4)cc3)cc21. The van der Waals surface area contributed by atoms with Crippen molar-refractivity contribution in [1.82, 2.24) is 9.13 Å². The second-order valence-corrected chi connectivity index (χ2v) is 18.2. The molecule has 0 radical (unpaired) electrons. The topological polar surface area (TPSA) is 13.1 Å². The van der Waals surface area contributed by atoms with Crippen LogP contribution in [0.25, 0.3) is 88.4 Å². The predicted octanol–water partition coefficient (Wildman–Crippen LogP) is 17.0. The minimum absolute atomic E-state index is 0.0785. The smallest absolute Gasteiger partial charge is 0.0548 e. The van der Waals surface area contributed by atoms with Crippen LogP contribution < -0.4 is 4.90 Å². The molecule has 2 heterocycles. The molecule has 0 spiro atoms. The Morgan fingerprint density at radius 1 is 0.303 bits per heavy atom. The summed E-state index contributed by atoms with van der Waals surface area (Å²) in [5, 5.41) is 4.97. The molecular formula is C63H45N3. The third-order valence-electron chi connectivity index (χ3n) is 14.1. The molecule has 1 aliphatic carbocycles. The number of para-hydroxylation sites is 4. The van der Waals surface area contributed by atoms with Gasteiger partial charge in [-0.15, -0.1) is 0 Å². The summed E-state index contributed by atoms with van der Waals surface area (Å²) in [7, 11) is 0. The van der Waals surface area contributed by atoms with Crippen molar-refractivity contribution in [3.05, 3.63) is 248 Å². The number of fused-ring (bicyclic) bond motifs is 9. The zero-order chi connectivity index (χ0) is 43.9. The van der Waals surface area contributed by atoms with E-state index in [2.05, 4.69) is 264 Å². The molecule has 0 atom stereocenters. The molecule has 0 aliphatic heterocycles. The molecule has 0 fully saturated rings. The maximum atomic E-state index is 2.43. The van der Waals surface area contributed by atoms with Crippen molar-refractivity contribution < 1.29 is 0 Å². The van der Waals surface area contributed by atoms with Gasteiger partial charge < -0.3 is 14.0 Å². The molecule has 0 saturated carbocycles. The third kappa shape index (κ3) is 5.90. The Morgan fingerprint density at radius 2 is 0.758 bits per heavy atom. The van der Waals surface area contributed by atoms with Gasteiger partial charge in [-0.3, -0.25) is 0 Å². The number of aromatic nitrogens is 2. The molecule has 0 N–H and O–H groups in total. The molecule has 13 rings (SSSR count). The Balaban J connectivity index is 0.876. The second kappa shape index (κ2) is 14.8. The first-order valence-electron chi connectivity index (χ1n) is 22.9. The molecule has 0 amide bonds. The van der Waals surface area contributed by atoms with Gasteiger partial charge in [0, 0.05) is 55.4 Å². The quantitative estimate of drug-likeness (QED) is 0.156. The summed E-state index contributed by atoms with van der Waals surface area (Å²) < 4.78 is 4.84. The Kier molecular flexibility index (Phi) is 8.56. The van der Waals surface area contributed by atoms with Crippen LogP contribution in [0.4, 0.5) is 17.1 Å². The molecule has 0 saturated heterocycles. The molecule has 0 bridgehead atoms. The van der Waals surface area contributed by atoms with Crippen LogP contribution in [0.1, 0.15) is 25.0 Å². The largest absolute Gasteiger partial charge is 0.310 e. The van der Waals surface area contributed by atoms with Gasteiger partial charge in [0.05, 0.1) is 22.1 Å². The Hall–Kier alpha value is -8.40. The van der Waals surface area contributed by atoms with E-state index in [4.69, 9.17) is 0 Å². The molecule has 0 unspecified atom stereocenters. The van der Waals surface area contributed by atoms with Crippen LogP contribution in [0.3, 0.4) is 0 Å². The van der Waals surface area contributed by atoms with Gasteiger partial charge in [0.1, 0.15) is 0 Å². The highest BCUT2D eigenvalue weighted by atomic mass is 15.1. The summed E-state index contributed by atoms with van der Waals surface area (Å²) in [6, 6.07) is 86.7. The standard InChI is InChI=1S/C63H45N3/c1-63(2)57-24-14-12-22-51(57)52-36-35-50(39-58(52)63)64(46-16-6-3-7-17-46)49-33-30-43(31-34-49)42-26-28-44(29-27-42)45-32-37-60-54(38-45)56-41-61-55(40-62(56)66(60)48-20-10-5-11-21-48)53-23-13-15-25-59(53)65(61)47-18-8-4-9-19-47/h3-41H,1-2H3. The summed E-state index contributed by atoms with van der Waals surface area (Å²) in [4.78, 5) is 2.38. The Bertz CT molecular complexity index is 3800. The average molecular weight is 844 g/mol. The maximum Gasteiger partial charge on any atom is 0.0548 e. The normalized spacial score (nSPS) is 12.8. The number of rotatable bonds is 7. The van der Waals surface area contributed by atoms with E-state index in [9.17, 15) is 0 Å². The minimum atomic E-state index is -0.0785. The fraction of sp³-hybridized carbons (Fsp3) is 0.0476. The number of nitrogens with zero attached hydrogens (tertiary/aromatic N) is 3. The minimum Gasteiger partial charge on any atom is -0.310 e. The first-order valence-corrected chi connectivity index (χ1v) is 22.9. The molecule has 66 heavy (non-hydrogen) atoms. The van der Waals surface area contributed by atoms with Gasteiger partial charge in [-0.25, -0.2) is 0 Å². The summed E-state index contributed by atoms with van der Waals surface area (Å²) in [5.41, 5.74) is 20.6. The zero-order valence-corrected chi connectivity index (χ0v) is 36.9. The van der Waals surface area contributed by atoms with E-state index >= 15 is 0 Å². The molecule has 12 aromatic rings. The van der Waals surface area contributed by atoms with Crippen LogP contribution in [0.2, 0.25) is 0 Å². The van der Waals surface area contributed by atoms with Crippen LogP contribution in [-0.2, 0) is 5.41 Å². The van der Waals surface area contributed by atoms with E-state index in [-0.39, 0.29) is 5.41 Å². The number of hydrogen-bond donors (Lipinski definition) is 0. The number of hydrogen-bond acceptors (Lipinski definition) is 1. The van der Waals surface area contributed by atoms with E-state index in [1.54, 1.807) is 0 Å². The Morgan fingerprint density at radius 3 is 1.42 bits per heavy atom.